The first-order valence-corrected chi connectivity index (χ1v) is 10.2. The molecule has 2 aromatic carbocycles. The van der Waals surface area contributed by atoms with E-state index in [9.17, 15) is 9.90 Å². The Bertz CT molecular complexity index is 857. The largest absolute Gasteiger partial charge is 0.494 e. The maximum atomic E-state index is 12.1. The van der Waals surface area contributed by atoms with E-state index in [0.29, 0.717) is 6.61 Å². The summed E-state index contributed by atoms with van der Waals surface area (Å²) in [5, 5.41) is 12.9. The van der Waals surface area contributed by atoms with E-state index in [1.807, 2.05) is 43.3 Å². The quantitative estimate of drug-likeness (QED) is 0.783. The third-order valence-electron chi connectivity index (χ3n) is 5.86. The highest BCUT2D eigenvalue weighted by atomic mass is 16.5. The van der Waals surface area contributed by atoms with E-state index in [1.54, 1.807) is 0 Å². The summed E-state index contributed by atoms with van der Waals surface area (Å²) >= 11 is 0. The van der Waals surface area contributed by atoms with Gasteiger partial charge in [-0.1, -0.05) is 36.4 Å². The number of rotatable bonds is 6. The summed E-state index contributed by atoms with van der Waals surface area (Å²) in [6.45, 7) is 4.91. The van der Waals surface area contributed by atoms with Gasteiger partial charge in [0.05, 0.1) is 24.9 Å². The lowest BCUT2D eigenvalue weighted by Crippen LogP contribution is -2.66. The summed E-state index contributed by atoms with van der Waals surface area (Å²) in [4.78, 5) is 14.5. The molecule has 1 amide bonds. The van der Waals surface area contributed by atoms with Crippen LogP contribution in [-0.4, -0.2) is 48.3 Å². The fourth-order valence-electron chi connectivity index (χ4n) is 4.47. The number of aliphatic hydroxyl groups excluding tert-OH is 1. The molecule has 6 heteroatoms. The lowest BCUT2D eigenvalue weighted by atomic mass is 9.77. The van der Waals surface area contributed by atoms with Crippen LogP contribution in [0.15, 0.2) is 48.5 Å². The Morgan fingerprint density at radius 3 is 2.86 bits per heavy atom. The number of hydrogen-bond donors (Lipinski definition) is 2. The highest BCUT2D eigenvalue weighted by Gasteiger charge is 2.48. The van der Waals surface area contributed by atoms with Crippen molar-refractivity contribution < 1.29 is 19.4 Å². The zero-order chi connectivity index (χ0) is 20.3. The molecule has 0 aromatic heterocycles. The van der Waals surface area contributed by atoms with Gasteiger partial charge in [-0.15, -0.1) is 0 Å². The van der Waals surface area contributed by atoms with E-state index >= 15 is 0 Å². The molecular formula is C23H28N2O4. The monoisotopic (exact) mass is 396 g/mol. The molecule has 0 spiro atoms. The van der Waals surface area contributed by atoms with Crippen LogP contribution in [0.2, 0.25) is 0 Å². The molecule has 29 heavy (non-hydrogen) atoms. The Balaban J connectivity index is 1.51. The molecule has 2 saturated heterocycles. The molecule has 0 aliphatic carbocycles. The predicted octanol–water partition coefficient (Wildman–Crippen LogP) is 2.19. The summed E-state index contributed by atoms with van der Waals surface area (Å²) in [6, 6.07) is 16.1. The summed E-state index contributed by atoms with van der Waals surface area (Å²) in [5.74, 6) is 0.677. The van der Waals surface area contributed by atoms with Gasteiger partial charge in [0.1, 0.15) is 12.4 Å². The van der Waals surface area contributed by atoms with E-state index in [0.717, 1.165) is 48.5 Å². The number of piperidine rings is 1. The smallest absolute Gasteiger partial charge is 0.246 e. The topological polar surface area (TPSA) is 71.0 Å². The number of morpholine rings is 1. The molecular weight excluding hydrogens is 368 g/mol. The van der Waals surface area contributed by atoms with Crippen molar-refractivity contribution in [2.24, 2.45) is 0 Å². The average Bonchev–Trinajstić information content (AvgIpc) is 2.75. The molecule has 0 unspecified atom stereocenters. The van der Waals surface area contributed by atoms with Crippen molar-refractivity contribution in [2.75, 3.05) is 26.3 Å². The number of likely N-dealkylation sites (tertiary alicyclic amines) is 1. The van der Waals surface area contributed by atoms with Crippen LogP contribution in [0.1, 0.15) is 30.0 Å². The molecule has 2 atom stereocenters. The van der Waals surface area contributed by atoms with Gasteiger partial charge in [0, 0.05) is 25.2 Å². The second-order valence-electron chi connectivity index (χ2n) is 7.70. The predicted molar refractivity (Wildman–Crippen MR) is 109 cm³/mol. The minimum atomic E-state index is -0.470. The number of aliphatic hydroxyl groups is 1. The van der Waals surface area contributed by atoms with Crippen molar-refractivity contribution in [1.29, 1.82) is 0 Å². The lowest BCUT2D eigenvalue weighted by molar-refractivity contribution is -0.152. The van der Waals surface area contributed by atoms with Gasteiger partial charge in [-0.05, 0) is 36.6 Å². The summed E-state index contributed by atoms with van der Waals surface area (Å²) < 4.78 is 11.6. The number of amides is 1. The highest BCUT2D eigenvalue weighted by Crippen LogP contribution is 2.37. The Labute approximate surface area is 171 Å². The maximum Gasteiger partial charge on any atom is 0.246 e. The van der Waals surface area contributed by atoms with Crippen LogP contribution < -0.4 is 10.1 Å². The number of nitrogens with zero attached hydrogens (tertiary/aromatic N) is 1. The lowest BCUT2D eigenvalue weighted by Gasteiger charge is -2.50. The van der Waals surface area contributed by atoms with E-state index in [1.165, 1.54) is 0 Å². The zero-order valence-corrected chi connectivity index (χ0v) is 16.8. The van der Waals surface area contributed by atoms with Crippen LogP contribution >= 0.6 is 0 Å². The summed E-state index contributed by atoms with van der Waals surface area (Å²) in [6.07, 6.45) is 0.688. The zero-order valence-electron chi connectivity index (χ0n) is 16.8. The number of nitrogens with one attached hydrogen (secondary N) is 1. The van der Waals surface area contributed by atoms with Crippen molar-refractivity contribution in [1.82, 2.24) is 10.2 Å². The Morgan fingerprint density at radius 2 is 2.10 bits per heavy atom. The molecule has 0 bridgehead atoms. The molecule has 2 fully saturated rings. The molecule has 0 radical (unpaired) electrons. The van der Waals surface area contributed by atoms with Gasteiger partial charge < -0.3 is 19.9 Å². The van der Waals surface area contributed by atoms with Crippen molar-refractivity contribution in [3.05, 3.63) is 65.2 Å². The molecule has 2 aliphatic rings. The van der Waals surface area contributed by atoms with Crippen LogP contribution in [0.4, 0.5) is 0 Å². The Morgan fingerprint density at radius 1 is 1.28 bits per heavy atom. The summed E-state index contributed by atoms with van der Waals surface area (Å²) in [7, 11) is 0. The first kappa shape index (κ1) is 19.9. The average molecular weight is 396 g/mol. The highest BCUT2D eigenvalue weighted by molar-refractivity contribution is 5.79. The SMILES string of the molecule is CCOc1ccc(CN2CC[C@@]3(c4ccccc4)NC(=O)CO[C@@H]3C2)cc1CO. The third kappa shape index (κ3) is 4.01. The molecule has 2 N–H and O–H groups in total. The van der Waals surface area contributed by atoms with Crippen LogP contribution in [-0.2, 0) is 28.2 Å². The maximum absolute atomic E-state index is 12.1. The van der Waals surface area contributed by atoms with Crippen molar-refractivity contribution in [2.45, 2.75) is 38.1 Å². The van der Waals surface area contributed by atoms with Gasteiger partial charge in [0.2, 0.25) is 5.91 Å². The van der Waals surface area contributed by atoms with Crippen LogP contribution in [0.3, 0.4) is 0 Å². The second kappa shape index (κ2) is 8.53. The molecule has 4 rings (SSSR count). The first-order valence-electron chi connectivity index (χ1n) is 10.2. The van der Waals surface area contributed by atoms with Crippen molar-refractivity contribution >= 4 is 5.91 Å². The second-order valence-corrected chi connectivity index (χ2v) is 7.70. The minimum absolute atomic E-state index is 0.0436. The normalized spacial score (nSPS) is 24.6. The fraction of sp³-hybridized carbons (Fsp3) is 0.435. The van der Waals surface area contributed by atoms with Crippen molar-refractivity contribution in [3.8, 4) is 5.75 Å². The Hall–Kier alpha value is -2.41. The van der Waals surface area contributed by atoms with Crippen LogP contribution in [0.5, 0.6) is 5.75 Å². The molecule has 2 heterocycles. The van der Waals surface area contributed by atoms with Crippen LogP contribution in [0.25, 0.3) is 0 Å². The first-order chi connectivity index (χ1) is 14.1. The number of carbonyl (C=O) groups is 1. The number of ether oxygens (including phenoxy) is 2. The van der Waals surface area contributed by atoms with Gasteiger partial charge in [0.15, 0.2) is 0 Å². The van der Waals surface area contributed by atoms with E-state index in [-0.39, 0.29) is 25.2 Å². The fourth-order valence-corrected chi connectivity index (χ4v) is 4.47. The standard InChI is InChI=1S/C23H28N2O4/c1-2-28-20-9-8-17(12-18(20)15-26)13-25-11-10-23(19-6-4-3-5-7-19)21(14-25)29-16-22(27)24-23/h3-9,12,21,26H,2,10-11,13-16H2,1H3,(H,24,27)/t21-,23+/m1/s1. The molecule has 6 nitrogen and oxygen atoms in total. The van der Waals surface area contributed by atoms with Gasteiger partial charge in [-0.25, -0.2) is 0 Å². The summed E-state index contributed by atoms with van der Waals surface area (Å²) in [5.41, 5.74) is 2.56. The van der Waals surface area contributed by atoms with Gasteiger partial charge in [-0.3, -0.25) is 9.69 Å². The van der Waals surface area contributed by atoms with E-state index in [4.69, 9.17) is 9.47 Å². The number of fused-ring (bicyclic) bond motifs is 1. The molecule has 0 saturated carbocycles. The van der Waals surface area contributed by atoms with E-state index in [2.05, 4.69) is 22.3 Å². The van der Waals surface area contributed by atoms with Crippen molar-refractivity contribution in [3.63, 3.8) is 0 Å². The van der Waals surface area contributed by atoms with Gasteiger partial charge >= 0.3 is 0 Å². The Kier molecular flexibility index (Phi) is 5.85. The minimum Gasteiger partial charge on any atom is -0.494 e. The van der Waals surface area contributed by atoms with Gasteiger partial charge in [-0.2, -0.15) is 0 Å². The number of hydrogen-bond acceptors (Lipinski definition) is 5. The molecule has 2 aliphatic heterocycles. The van der Waals surface area contributed by atoms with E-state index < -0.39 is 5.54 Å². The number of benzene rings is 2. The molecule has 2 aromatic rings. The number of carbonyl (C=O) groups excluding carboxylic acids is 1. The van der Waals surface area contributed by atoms with Crippen LogP contribution in [0, 0.1) is 0 Å². The van der Waals surface area contributed by atoms with Gasteiger partial charge in [0.25, 0.3) is 0 Å². The third-order valence-corrected chi connectivity index (χ3v) is 5.86. The molecule has 154 valence electrons.